The van der Waals surface area contributed by atoms with Gasteiger partial charge in [0, 0.05) is 53.1 Å². The number of hydrogen-bond acceptors (Lipinski definition) is 7. The van der Waals surface area contributed by atoms with E-state index >= 15 is 4.79 Å². The maximum Gasteiger partial charge on any atom is 0.315 e. The molecule has 0 aromatic heterocycles. The average molecular weight is 765 g/mol. The summed E-state index contributed by atoms with van der Waals surface area (Å²) in [5.41, 5.74) is -1.89. The van der Waals surface area contributed by atoms with Crippen LogP contribution in [0.1, 0.15) is 64.2 Å². The highest BCUT2D eigenvalue weighted by Gasteiger charge is 2.65. The molecule has 270 valence electrons. The summed E-state index contributed by atoms with van der Waals surface area (Å²) in [4.78, 5) is 29.4. The van der Waals surface area contributed by atoms with E-state index in [1.807, 2.05) is 52.0 Å². The fourth-order valence-electron chi connectivity index (χ4n) is 7.02. The van der Waals surface area contributed by atoms with Crippen LogP contribution in [0.25, 0.3) is 0 Å². The first-order valence-electron chi connectivity index (χ1n) is 16.6. The molecule has 14 heteroatoms. The van der Waals surface area contributed by atoms with Gasteiger partial charge in [-0.15, -0.1) is 0 Å². The van der Waals surface area contributed by atoms with Gasteiger partial charge in [0.1, 0.15) is 5.75 Å². The molecule has 3 amide bonds. The molecule has 5 rings (SSSR count). The Balaban J connectivity index is 1.71. The Hall–Kier alpha value is -3.06. The third kappa shape index (κ3) is 7.31. The Morgan fingerprint density at radius 2 is 1.42 bits per heavy atom. The maximum absolute atomic E-state index is 15.4. The number of piperidine rings is 1. The molecule has 10 nitrogen and oxygen atoms in total. The van der Waals surface area contributed by atoms with E-state index in [0.29, 0.717) is 36.0 Å². The molecule has 2 aliphatic heterocycles. The van der Waals surface area contributed by atoms with Crippen LogP contribution in [0.4, 0.5) is 4.79 Å². The van der Waals surface area contributed by atoms with Crippen molar-refractivity contribution in [2.24, 2.45) is 0 Å². The Bertz CT molecular complexity index is 1790. The van der Waals surface area contributed by atoms with Crippen molar-refractivity contribution in [2.45, 2.75) is 81.2 Å². The summed E-state index contributed by atoms with van der Waals surface area (Å²) in [5, 5.41) is 14.4. The highest BCUT2D eigenvalue weighted by atomic mass is 35.5. The van der Waals surface area contributed by atoms with Gasteiger partial charge in [0.2, 0.25) is 0 Å². The first-order chi connectivity index (χ1) is 23.4. The summed E-state index contributed by atoms with van der Waals surface area (Å²) in [5.74, 6) is -0.0952. The molecule has 0 spiro atoms. The van der Waals surface area contributed by atoms with Gasteiger partial charge >= 0.3 is 6.03 Å². The van der Waals surface area contributed by atoms with E-state index in [1.165, 1.54) is 12.1 Å². The molecule has 0 radical (unpaired) electrons. The lowest BCUT2D eigenvalue weighted by Crippen LogP contribution is -2.62. The SMILES string of the molecule is CCOc1cc(Cl)c(S(C)(=O)=O)cc1C1(C(=O)N2CCC(NC(=O)NC(C)C)CC2)N[C@@](C)(c2ccc(Cl)cc2)[C@@](C)(c2ccc(Cl)cc2)N1. The number of carbonyl (C=O) groups excluding carboxylic acids is 2. The highest BCUT2D eigenvalue weighted by Crippen LogP contribution is 2.52. The quantitative estimate of drug-likeness (QED) is 0.201. The first-order valence-corrected chi connectivity index (χ1v) is 19.6. The van der Waals surface area contributed by atoms with Crippen molar-refractivity contribution in [2.75, 3.05) is 26.0 Å². The van der Waals surface area contributed by atoms with Crippen LogP contribution in [-0.2, 0) is 31.4 Å². The summed E-state index contributed by atoms with van der Waals surface area (Å²) < 4.78 is 32.3. The normalized spacial score (nSPS) is 24.3. The minimum absolute atomic E-state index is 0.0170. The van der Waals surface area contributed by atoms with E-state index in [2.05, 4.69) is 21.3 Å². The van der Waals surface area contributed by atoms with Crippen molar-refractivity contribution in [3.63, 3.8) is 0 Å². The molecule has 3 aromatic rings. The standard InChI is InChI=1S/C36H44Cl3N5O5S/c1-7-49-30-21-29(39)31(50(6,47)48)20-28(30)36(32(45)44-18-16-27(17-19-44)41-33(46)40-22(2)3)42-34(4,23-8-12-25(37)13-9-23)35(5,43-36)24-10-14-26(38)15-11-24/h8-15,20-22,27,42-43H,7,16-19H2,1-6H3,(H2,40,41,46)/t34-,35+,36?. The van der Waals surface area contributed by atoms with Crippen molar-refractivity contribution in [1.82, 2.24) is 26.2 Å². The third-order valence-electron chi connectivity index (χ3n) is 9.71. The lowest BCUT2D eigenvalue weighted by atomic mass is 9.72. The van der Waals surface area contributed by atoms with Crippen molar-refractivity contribution in [3.8, 4) is 5.75 Å². The number of likely N-dealkylation sites (tertiary alicyclic amines) is 1. The summed E-state index contributed by atoms with van der Waals surface area (Å²) in [6.07, 6.45) is 2.11. The molecule has 3 aromatic carbocycles. The zero-order valence-corrected chi connectivity index (χ0v) is 32.1. The average Bonchev–Trinajstić information content (AvgIpc) is 3.29. The number of ether oxygens (including phenoxy) is 1. The van der Waals surface area contributed by atoms with Gasteiger partial charge in [0.15, 0.2) is 15.5 Å². The van der Waals surface area contributed by atoms with E-state index in [0.717, 1.165) is 17.4 Å². The lowest BCUT2D eigenvalue weighted by Gasteiger charge is -2.41. The molecule has 2 aliphatic rings. The molecule has 2 heterocycles. The number of sulfone groups is 1. The maximum atomic E-state index is 15.4. The molecule has 0 bridgehead atoms. The number of halogens is 3. The Kier molecular flexibility index (Phi) is 11.1. The minimum atomic E-state index is -3.84. The molecule has 2 saturated heterocycles. The van der Waals surface area contributed by atoms with Crippen LogP contribution in [0.2, 0.25) is 15.1 Å². The Morgan fingerprint density at radius 1 is 0.920 bits per heavy atom. The predicted octanol–water partition coefficient (Wildman–Crippen LogP) is 6.32. The topological polar surface area (TPSA) is 129 Å². The summed E-state index contributed by atoms with van der Waals surface area (Å²) in [6, 6.07) is 17.2. The zero-order valence-electron chi connectivity index (χ0n) is 29.0. The second-order valence-corrected chi connectivity index (χ2v) is 16.9. The van der Waals surface area contributed by atoms with Gasteiger partial charge in [0.05, 0.1) is 27.6 Å². The molecule has 50 heavy (non-hydrogen) atoms. The van der Waals surface area contributed by atoms with Gasteiger partial charge in [-0.3, -0.25) is 15.4 Å². The highest BCUT2D eigenvalue weighted by molar-refractivity contribution is 7.90. The van der Waals surface area contributed by atoms with Gasteiger partial charge in [-0.1, -0.05) is 59.1 Å². The van der Waals surface area contributed by atoms with E-state index < -0.39 is 26.6 Å². The van der Waals surface area contributed by atoms with E-state index in [9.17, 15) is 13.2 Å². The first kappa shape index (κ1) is 38.2. The number of nitrogens with zero attached hydrogens (tertiary/aromatic N) is 1. The van der Waals surface area contributed by atoms with Crippen LogP contribution < -0.4 is 26.0 Å². The van der Waals surface area contributed by atoms with Crippen LogP contribution in [-0.4, -0.2) is 63.3 Å². The van der Waals surface area contributed by atoms with Crippen LogP contribution in [0.15, 0.2) is 65.6 Å². The van der Waals surface area contributed by atoms with Crippen LogP contribution in [0.5, 0.6) is 5.75 Å². The number of nitrogens with one attached hydrogen (secondary N) is 4. The molecule has 1 unspecified atom stereocenters. The summed E-state index contributed by atoms with van der Waals surface area (Å²) in [7, 11) is -3.84. The molecule has 2 fully saturated rings. The van der Waals surface area contributed by atoms with Gasteiger partial charge in [-0.25, -0.2) is 13.2 Å². The second kappa shape index (κ2) is 14.5. The van der Waals surface area contributed by atoms with Crippen molar-refractivity contribution in [3.05, 3.63) is 92.4 Å². The fraction of sp³-hybridized carbons (Fsp3) is 0.444. The number of amides is 3. The molecular formula is C36H44Cl3N5O5S. The number of hydrogen-bond donors (Lipinski definition) is 4. The van der Waals surface area contributed by atoms with Crippen molar-refractivity contribution in [1.29, 1.82) is 0 Å². The number of benzene rings is 3. The van der Waals surface area contributed by atoms with Crippen LogP contribution in [0, 0.1) is 0 Å². The number of urea groups is 1. The molecule has 3 atom stereocenters. The summed E-state index contributed by atoms with van der Waals surface area (Å²) in [6.45, 7) is 10.5. The predicted molar refractivity (Wildman–Crippen MR) is 198 cm³/mol. The number of carbonyl (C=O) groups is 2. The molecule has 4 N–H and O–H groups in total. The minimum Gasteiger partial charge on any atom is -0.493 e. The van der Waals surface area contributed by atoms with Crippen LogP contribution in [0.3, 0.4) is 0 Å². The van der Waals surface area contributed by atoms with Gasteiger partial charge < -0.3 is 20.3 Å². The number of rotatable bonds is 9. The van der Waals surface area contributed by atoms with Crippen molar-refractivity contribution < 1.29 is 22.7 Å². The smallest absolute Gasteiger partial charge is 0.315 e. The molecule has 0 aliphatic carbocycles. The van der Waals surface area contributed by atoms with E-state index in [4.69, 9.17) is 39.5 Å². The van der Waals surface area contributed by atoms with Gasteiger partial charge in [-0.2, -0.15) is 0 Å². The van der Waals surface area contributed by atoms with Crippen molar-refractivity contribution >= 4 is 56.6 Å². The van der Waals surface area contributed by atoms with Gasteiger partial charge in [0.25, 0.3) is 5.91 Å². The monoisotopic (exact) mass is 763 g/mol. The third-order valence-corrected chi connectivity index (χ3v) is 11.8. The Morgan fingerprint density at radius 3 is 1.86 bits per heavy atom. The fourth-order valence-corrected chi connectivity index (χ4v) is 8.59. The molecular weight excluding hydrogens is 721 g/mol. The summed E-state index contributed by atoms with van der Waals surface area (Å²) >= 11 is 19.3. The largest absolute Gasteiger partial charge is 0.493 e. The zero-order chi connectivity index (χ0) is 36.6. The Labute approximate surface area is 309 Å². The van der Waals surface area contributed by atoms with Gasteiger partial charge in [-0.05, 0) is 88.9 Å². The molecule has 0 saturated carbocycles. The second-order valence-electron chi connectivity index (χ2n) is 13.6. The van der Waals surface area contributed by atoms with Crippen LogP contribution >= 0.6 is 34.8 Å². The lowest BCUT2D eigenvalue weighted by molar-refractivity contribution is -0.141. The van der Waals surface area contributed by atoms with E-state index in [-0.39, 0.29) is 51.9 Å². The van der Waals surface area contributed by atoms with E-state index in [1.54, 1.807) is 36.1 Å².